The lowest BCUT2D eigenvalue weighted by Gasteiger charge is -2.07. The predicted molar refractivity (Wildman–Crippen MR) is 91.6 cm³/mol. The first kappa shape index (κ1) is 17.6. The normalized spacial score (nSPS) is 10.7. The molecule has 3 aromatic rings. The highest BCUT2D eigenvalue weighted by atomic mass is 19.1. The zero-order valence-corrected chi connectivity index (χ0v) is 13.9. The zero-order chi connectivity index (χ0) is 18.7. The Morgan fingerprint density at radius 1 is 1.23 bits per heavy atom. The number of carbonyl (C=O) groups excluding carboxylic acids is 1. The molecule has 5 nitrogen and oxygen atoms in total. The number of rotatable bonds is 5. The van der Waals surface area contributed by atoms with E-state index in [0.29, 0.717) is 5.69 Å². The van der Waals surface area contributed by atoms with E-state index in [0.717, 1.165) is 17.7 Å². The Morgan fingerprint density at radius 2 is 2.04 bits per heavy atom. The molecular formula is C19H16F2N2O3. The number of oxazole rings is 1. The smallest absolute Gasteiger partial charge is 0.224 e. The van der Waals surface area contributed by atoms with E-state index < -0.39 is 11.6 Å². The number of aromatic hydroxyl groups is 1. The molecule has 0 radical (unpaired) electrons. The maximum atomic E-state index is 13.8. The number of halogens is 2. The second-order valence-corrected chi connectivity index (χ2v) is 5.81. The number of benzene rings is 2. The average molecular weight is 358 g/mol. The molecule has 0 aliphatic carbocycles. The molecule has 3 rings (SSSR count). The Balaban J connectivity index is 1.61. The summed E-state index contributed by atoms with van der Waals surface area (Å²) in [4.78, 5) is 16.0. The molecule has 0 aliphatic rings. The van der Waals surface area contributed by atoms with Gasteiger partial charge in [-0.15, -0.1) is 0 Å². The second-order valence-electron chi connectivity index (χ2n) is 5.81. The van der Waals surface area contributed by atoms with Crippen LogP contribution in [0.5, 0.6) is 5.75 Å². The Morgan fingerprint density at radius 3 is 2.77 bits per heavy atom. The Hall–Kier alpha value is -3.22. The molecular weight excluding hydrogens is 342 g/mol. The average Bonchev–Trinajstić information content (AvgIpc) is 3.04. The van der Waals surface area contributed by atoms with Crippen molar-refractivity contribution in [1.29, 1.82) is 0 Å². The number of nitrogens with one attached hydrogen (secondary N) is 1. The first-order valence-electron chi connectivity index (χ1n) is 7.92. The van der Waals surface area contributed by atoms with Crippen molar-refractivity contribution in [3.8, 4) is 17.1 Å². The van der Waals surface area contributed by atoms with E-state index in [2.05, 4.69) is 10.3 Å². The van der Waals surface area contributed by atoms with E-state index in [1.54, 1.807) is 18.2 Å². The molecule has 1 heterocycles. The molecule has 1 amide bonds. The Labute approximate surface area is 148 Å². The van der Waals surface area contributed by atoms with Crippen LogP contribution in [0.1, 0.15) is 17.9 Å². The van der Waals surface area contributed by atoms with Crippen LogP contribution in [0.4, 0.5) is 14.5 Å². The van der Waals surface area contributed by atoms with Crippen molar-refractivity contribution in [1.82, 2.24) is 4.98 Å². The number of phenols is 1. The lowest BCUT2D eigenvalue weighted by atomic mass is 10.2. The van der Waals surface area contributed by atoms with Crippen molar-refractivity contribution in [2.45, 2.75) is 19.8 Å². The number of aromatic nitrogens is 1. The van der Waals surface area contributed by atoms with E-state index >= 15 is 0 Å². The summed E-state index contributed by atoms with van der Waals surface area (Å²) in [5.41, 5.74) is 1.29. The van der Waals surface area contributed by atoms with E-state index in [1.165, 1.54) is 12.3 Å². The van der Waals surface area contributed by atoms with Crippen molar-refractivity contribution >= 4 is 11.6 Å². The first-order chi connectivity index (χ1) is 12.4. The number of aryl methyl sites for hydroxylation is 2. The van der Waals surface area contributed by atoms with Crippen molar-refractivity contribution in [2.75, 3.05) is 5.32 Å². The molecule has 0 saturated carbocycles. The van der Waals surface area contributed by atoms with Gasteiger partial charge in [-0.05, 0) is 36.8 Å². The van der Waals surface area contributed by atoms with Gasteiger partial charge in [0.05, 0.1) is 17.4 Å². The van der Waals surface area contributed by atoms with Crippen LogP contribution in [0.2, 0.25) is 0 Å². The molecule has 134 valence electrons. The second kappa shape index (κ2) is 7.35. The van der Waals surface area contributed by atoms with E-state index in [-0.39, 0.29) is 41.7 Å². The van der Waals surface area contributed by atoms with Gasteiger partial charge in [0.25, 0.3) is 0 Å². The topological polar surface area (TPSA) is 75.4 Å². The Bertz CT molecular complexity index is 954. The van der Waals surface area contributed by atoms with Crippen molar-refractivity contribution < 1.29 is 23.1 Å². The van der Waals surface area contributed by atoms with E-state index in [1.807, 2.05) is 6.92 Å². The molecule has 7 heteroatoms. The van der Waals surface area contributed by atoms with Crippen LogP contribution in [0, 0.1) is 18.6 Å². The maximum Gasteiger partial charge on any atom is 0.224 e. The van der Waals surface area contributed by atoms with E-state index in [9.17, 15) is 18.7 Å². The molecule has 0 bridgehead atoms. The number of phenolic OH excluding ortho intramolecular Hbond substituents is 1. The summed E-state index contributed by atoms with van der Waals surface area (Å²) in [5.74, 6) is -1.34. The molecule has 0 fully saturated rings. The quantitative estimate of drug-likeness (QED) is 0.670. The molecule has 26 heavy (non-hydrogen) atoms. The SMILES string of the molecule is Cc1ccc(NC(=O)CCc2ncc(-c3ccc(F)cc3F)o2)c(O)c1. The van der Waals surface area contributed by atoms with Gasteiger partial charge in [-0.2, -0.15) is 0 Å². The highest BCUT2D eigenvalue weighted by Gasteiger charge is 2.13. The fourth-order valence-electron chi connectivity index (χ4n) is 2.42. The molecule has 2 aromatic carbocycles. The minimum Gasteiger partial charge on any atom is -0.506 e. The van der Waals surface area contributed by atoms with Crippen LogP contribution in [-0.4, -0.2) is 16.0 Å². The van der Waals surface area contributed by atoms with Crippen LogP contribution in [0.25, 0.3) is 11.3 Å². The summed E-state index contributed by atoms with van der Waals surface area (Å²) in [6.45, 7) is 1.83. The largest absolute Gasteiger partial charge is 0.506 e. The van der Waals surface area contributed by atoms with Gasteiger partial charge in [-0.25, -0.2) is 13.8 Å². The maximum absolute atomic E-state index is 13.8. The molecule has 0 atom stereocenters. The molecule has 1 aromatic heterocycles. The lowest BCUT2D eigenvalue weighted by molar-refractivity contribution is -0.116. The van der Waals surface area contributed by atoms with Gasteiger partial charge in [0.1, 0.15) is 17.4 Å². The third-order valence-electron chi connectivity index (χ3n) is 3.74. The monoisotopic (exact) mass is 358 g/mol. The standard InChI is InChI=1S/C19H16F2N2O3/c1-11-2-5-15(16(24)8-11)23-18(25)6-7-19-22-10-17(26-19)13-4-3-12(20)9-14(13)21/h2-5,8-10,24H,6-7H2,1H3,(H,23,25). The van der Waals surface area contributed by atoms with Crippen LogP contribution in [-0.2, 0) is 11.2 Å². The summed E-state index contributed by atoms with van der Waals surface area (Å²) in [6.07, 6.45) is 1.59. The first-order valence-corrected chi connectivity index (χ1v) is 7.92. The predicted octanol–water partition coefficient (Wildman–Crippen LogP) is 4.21. The number of hydrogen-bond acceptors (Lipinski definition) is 4. The van der Waals surface area contributed by atoms with Crippen molar-refractivity contribution in [2.24, 2.45) is 0 Å². The molecule has 0 unspecified atom stereocenters. The molecule has 0 spiro atoms. The molecule has 2 N–H and O–H groups in total. The third kappa shape index (κ3) is 4.05. The van der Waals surface area contributed by atoms with Gasteiger partial charge in [0.15, 0.2) is 11.7 Å². The number of anilines is 1. The van der Waals surface area contributed by atoms with E-state index in [4.69, 9.17) is 4.42 Å². The van der Waals surface area contributed by atoms with Crippen LogP contribution >= 0.6 is 0 Å². The van der Waals surface area contributed by atoms with Gasteiger partial charge in [-0.1, -0.05) is 6.07 Å². The number of nitrogens with zero attached hydrogens (tertiary/aromatic N) is 1. The highest BCUT2D eigenvalue weighted by molar-refractivity contribution is 5.92. The van der Waals surface area contributed by atoms with Crippen LogP contribution in [0.15, 0.2) is 47.0 Å². The summed E-state index contributed by atoms with van der Waals surface area (Å²) < 4.78 is 32.1. The summed E-state index contributed by atoms with van der Waals surface area (Å²) in [7, 11) is 0. The number of carbonyl (C=O) groups is 1. The fourth-order valence-corrected chi connectivity index (χ4v) is 2.42. The summed E-state index contributed by atoms with van der Waals surface area (Å²) in [6, 6.07) is 8.09. The van der Waals surface area contributed by atoms with Gasteiger partial charge in [0.2, 0.25) is 5.91 Å². The van der Waals surface area contributed by atoms with Crippen molar-refractivity contribution in [3.63, 3.8) is 0 Å². The number of hydrogen-bond donors (Lipinski definition) is 2. The van der Waals surface area contributed by atoms with Gasteiger partial charge >= 0.3 is 0 Å². The number of amides is 1. The van der Waals surface area contributed by atoms with Crippen LogP contribution < -0.4 is 5.32 Å². The zero-order valence-electron chi connectivity index (χ0n) is 13.9. The molecule has 0 saturated heterocycles. The van der Waals surface area contributed by atoms with Gasteiger partial charge < -0.3 is 14.8 Å². The van der Waals surface area contributed by atoms with Crippen LogP contribution in [0.3, 0.4) is 0 Å². The Kier molecular flexibility index (Phi) is 4.97. The molecule has 0 aliphatic heterocycles. The van der Waals surface area contributed by atoms with Gasteiger partial charge in [-0.3, -0.25) is 4.79 Å². The van der Waals surface area contributed by atoms with Crippen molar-refractivity contribution in [3.05, 3.63) is 65.7 Å². The van der Waals surface area contributed by atoms with Gasteiger partial charge in [0, 0.05) is 18.9 Å². The fraction of sp³-hybridized carbons (Fsp3) is 0.158. The minimum atomic E-state index is -0.750. The summed E-state index contributed by atoms with van der Waals surface area (Å²) in [5, 5.41) is 12.4. The third-order valence-corrected chi connectivity index (χ3v) is 3.74. The highest BCUT2D eigenvalue weighted by Crippen LogP contribution is 2.26. The minimum absolute atomic E-state index is 0.0106. The summed E-state index contributed by atoms with van der Waals surface area (Å²) >= 11 is 0. The lowest BCUT2D eigenvalue weighted by Crippen LogP contribution is -2.12.